The van der Waals surface area contributed by atoms with Crippen LogP contribution in [0, 0.1) is 0 Å². The molecule has 0 bridgehead atoms. The Morgan fingerprint density at radius 2 is 2.50 bits per heavy atom. The van der Waals surface area contributed by atoms with E-state index in [2.05, 4.69) is 9.98 Å². The predicted octanol–water partition coefficient (Wildman–Crippen LogP) is 2.48. The molecule has 0 fully saturated rings. The van der Waals surface area contributed by atoms with Crippen molar-refractivity contribution in [2.75, 3.05) is 0 Å². The summed E-state index contributed by atoms with van der Waals surface area (Å²) in [5.41, 5.74) is 0. The number of pyridine rings is 1. The Labute approximate surface area is 83.2 Å². The molecule has 0 N–H and O–H groups in total. The standard InChI is InChI=1S/C11H12N2O/c1-3-7-12-11(6-1)13-9-10-5-2-4-8-14-10/h1,3-4,6-10H,2,5H2/t10-/m1/s1. The number of aromatic nitrogens is 1. The Morgan fingerprint density at radius 1 is 1.50 bits per heavy atom. The van der Waals surface area contributed by atoms with Crippen LogP contribution in [0.15, 0.2) is 41.7 Å². The molecule has 1 aliphatic rings. The molecule has 1 aliphatic heterocycles. The molecule has 0 amide bonds. The van der Waals surface area contributed by atoms with Crippen molar-refractivity contribution in [1.29, 1.82) is 0 Å². The summed E-state index contributed by atoms with van der Waals surface area (Å²) < 4.78 is 5.34. The number of hydrogen-bond donors (Lipinski definition) is 0. The Morgan fingerprint density at radius 3 is 3.21 bits per heavy atom. The van der Waals surface area contributed by atoms with E-state index in [0.717, 1.165) is 18.7 Å². The Hall–Kier alpha value is -1.64. The molecule has 0 saturated carbocycles. The molecular formula is C11H12N2O. The SMILES string of the molecule is C1=CO[C@@H](C=Nc2ccccn2)CC1. The van der Waals surface area contributed by atoms with Crippen molar-refractivity contribution in [3.05, 3.63) is 36.7 Å². The quantitative estimate of drug-likeness (QED) is 0.668. The number of ether oxygens (including phenoxy) is 1. The van der Waals surface area contributed by atoms with Crippen molar-refractivity contribution in [3.63, 3.8) is 0 Å². The minimum Gasteiger partial charge on any atom is -0.493 e. The summed E-state index contributed by atoms with van der Waals surface area (Å²) in [4.78, 5) is 8.33. The first kappa shape index (κ1) is 8.94. The van der Waals surface area contributed by atoms with Gasteiger partial charge in [-0.1, -0.05) is 6.07 Å². The van der Waals surface area contributed by atoms with E-state index >= 15 is 0 Å². The van der Waals surface area contributed by atoms with Crippen molar-refractivity contribution in [2.45, 2.75) is 18.9 Å². The Bertz CT molecular complexity index is 332. The van der Waals surface area contributed by atoms with E-state index in [4.69, 9.17) is 4.74 Å². The summed E-state index contributed by atoms with van der Waals surface area (Å²) in [6.45, 7) is 0. The largest absolute Gasteiger partial charge is 0.493 e. The first-order valence-corrected chi connectivity index (χ1v) is 4.71. The van der Waals surface area contributed by atoms with Crippen molar-refractivity contribution >= 4 is 12.0 Å². The van der Waals surface area contributed by atoms with Crippen LogP contribution in [0.2, 0.25) is 0 Å². The van der Waals surface area contributed by atoms with Crippen LogP contribution in [0.4, 0.5) is 5.82 Å². The number of rotatable bonds is 2. The van der Waals surface area contributed by atoms with Gasteiger partial charge in [-0.3, -0.25) is 0 Å². The summed E-state index contributed by atoms with van der Waals surface area (Å²) in [6.07, 6.45) is 9.44. The first-order valence-electron chi connectivity index (χ1n) is 4.71. The van der Waals surface area contributed by atoms with Gasteiger partial charge in [0.15, 0.2) is 5.82 Å². The summed E-state index contributed by atoms with van der Waals surface area (Å²) >= 11 is 0. The van der Waals surface area contributed by atoms with E-state index < -0.39 is 0 Å². The van der Waals surface area contributed by atoms with E-state index in [1.54, 1.807) is 12.5 Å². The van der Waals surface area contributed by atoms with Crippen molar-refractivity contribution in [2.24, 2.45) is 4.99 Å². The van der Waals surface area contributed by atoms with Crippen LogP contribution >= 0.6 is 0 Å². The van der Waals surface area contributed by atoms with E-state index in [9.17, 15) is 0 Å². The zero-order valence-electron chi connectivity index (χ0n) is 7.84. The highest BCUT2D eigenvalue weighted by molar-refractivity contribution is 5.66. The molecule has 1 aromatic heterocycles. The van der Waals surface area contributed by atoms with Gasteiger partial charge < -0.3 is 4.74 Å². The van der Waals surface area contributed by atoms with Crippen molar-refractivity contribution in [3.8, 4) is 0 Å². The van der Waals surface area contributed by atoms with E-state index in [1.807, 2.05) is 30.5 Å². The van der Waals surface area contributed by atoms with Gasteiger partial charge in [-0.2, -0.15) is 0 Å². The molecule has 0 spiro atoms. The number of nitrogens with zero attached hydrogens (tertiary/aromatic N) is 2. The molecular weight excluding hydrogens is 176 g/mol. The van der Waals surface area contributed by atoms with Gasteiger partial charge >= 0.3 is 0 Å². The molecule has 3 nitrogen and oxygen atoms in total. The van der Waals surface area contributed by atoms with E-state index in [1.165, 1.54) is 0 Å². The zero-order valence-corrected chi connectivity index (χ0v) is 7.84. The monoisotopic (exact) mass is 188 g/mol. The van der Waals surface area contributed by atoms with Gasteiger partial charge in [0.25, 0.3) is 0 Å². The van der Waals surface area contributed by atoms with Crippen molar-refractivity contribution < 1.29 is 4.74 Å². The normalized spacial score (nSPS) is 21.0. The summed E-state index contributed by atoms with van der Waals surface area (Å²) in [7, 11) is 0. The lowest BCUT2D eigenvalue weighted by Crippen LogP contribution is -2.13. The third kappa shape index (κ3) is 2.42. The average Bonchev–Trinajstić information content (AvgIpc) is 2.29. The molecule has 0 aliphatic carbocycles. The maximum Gasteiger partial charge on any atom is 0.151 e. The van der Waals surface area contributed by atoms with Gasteiger partial charge in [0.2, 0.25) is 0 Å². The highest BCUT2D eigenvalue weighted by Crippen LogP contribution is 2.10. The molecule has 3 heteroatoms. The second kappa shape index (κ2) is 4.56. The van der Waals surface area contributed by atoms with E-state index in [0.29, 0.717) is 0 Å². The third-order valence-electron chi connectivity index (χ3n) is 1.99. The van der Waals surface area contributed by atoms with Gasteiger partial charge in [-0.25, -0.2) is 9.98 Å². The van der Waals surface area contributed by atoms with Gasteiger partial charge in [0.1, 0.15) is 6.10 Å². The van der Waals surface area contributed by atoms with Gasteiger partial charge in [0, 0.05) is 12.4 Å². The minimum absolute atomic E-state index is 0.0991. The highest BCUT2D eigenvalue weighted by atomic mass is 16.5. The maximum absolute atomic E-state index is 5.34. The zero-order chi connectivity index (χ0) is 9.64. The lowest BCUT2D eigenvalue weighted by Gasteiger charge is -2.14. The topological polar surface area (TPSA) is 34.5 Å². The van der Waals surface area contributed by atoms with Gasteiger partial charge in [-0.05, 0) is 31.1 Å². The molecule has 1 aromatic rings. The fourth-order valence-corrected chi connectivity index (χ4v) is 1.25. The first-order chi connectivity index (χ1) is 6.95. The average molecular weight is 188 g/mol. The molecule has 72 valence electrons. The van der Waals surface area contributed by atoms with Crippen LogP contribution in [0.5, 0.6) is 0 Å². The van der Waals surface area contributed by atoms with E-state index in [-0.39, 0.29) is 6.10 Å². The number of hydrogen-bond acceptors (Lipinski definition) is 3. The lowest BCUT2D eigenvalue weighted by atomic mass is 10.2. The molecule has 14 heavy (non-hydrogen) atoms. The molecule has 0 unspecified atom stereocenters. The highest BCUT2D eigenvalue weighted by Gasteiger charge is 2.06. The third-order valence-corrected chi connectivity index (χ3v) is 1.99. The molecule has 2 heterocycles. The molecule has 0 radical (unpaired) electrons. The Balaban J connectivity index is 1.97. The minimum atomic E-state index is 0.0991. The molecule has 2 rings (SSSR count). The predicted molar refractivity (Wildman–Crippen MR) is 55.6 cm³/mol. The molecule has 0 saturated heterocycles. The Kier molecular flexibility index (Phi) is 2.91. The van der Waals surface area contributed by atoms with Crippen molar-refractivity contribution in [1.82, 2.24) is 4.98 Å². The van der Waals surface area contributed by atoms with Crippen LogP contribution in [-0.4, -0.2) is 17.3 Å². The van der Waals surface area contributed by atoms with Crippen LogP contribution in [0.3, 0.4) is 0 Å². The van der Waals surface area contributed by atoms with Crippen LogP contribution in [-0.2, 0) is 4.74 Å². The van der Waals surface area contributed by atoms with Gasteiger partial charge in [-0.15, -0.1) is 0 Å². The molecule has 1 atom stereocenters. The van der Waals surface area contributed by atoms with Crippen LogP contribution in [0.25, 0.3) is 0 Å². The number of aliphatic imine (C=N–C) groups is 1. The fraction of sp³-hybridized carbons (Fsp3) is 0.273. The summed E-state index contributed by atoms with van der Waals surface area (Å²) in [5, 5.41) is 0. The molecule has 0 aromatic carbocycles. The fourth-order valence-electron chi connectivity index (χ4n) is 1.25. The second-order valence-electron chi connectivity index (χ2n) is 3.09. The maximum atomic E-state index is 5.34. The van der Waals surface area contributed by atoms with Crippen LogP contribution in [0.1, 0.15) is 12.8 Å². The summed E-state index contributed by atoms with van der Waals surface area (Å²) in [6, 6.07) is 5.66. The second-order valence-corrected chi connectivity index (χ2v) is 3.09. The van der Waals surface area contributed by atoms with Crippen LogP contribution < -0.4 is 0 Å². The smallest absolute Gasteiger partial charge is 0.151 e. The van der Waals surface area contributed by atoms with Gasteiger partial charge in [0.05, 0.1) is 6.26 Å². The summed E-state index contributed by atoms with van der Waals surface area (Å²) in [5.74, 6) is 0.727. The number of allylic oxidation sites excluding steroid dienone is 1. The lowest BCUT2D eigenvalue weighted by molar-refractivity contribution is 0.185.